The fourth-order valence-electron chi connectivity index (χ4n) is 2.78. The maximum absolute atomic E-state index is 12.4. The lowest BCUT2D eigenvalue weighted by Crippen LogP contribution is -2.48. The predicted molar refractivity (Wildman–Crippen MR) is 73.0 cm³/mol. The Morgan fingerprint density at radius 2 is 2.40 bits per heavy atom. The summed E-state index contributed by atoms with van der Waals surface area (Å²) < 4.78 is 5.24. The Labute approximate surface area is 118 Å². The molecule has 0 saturated carbocycles. The van der Waals surface area contributed by atoms with E-state index in [0.717, 1.165) is 17.0 Å². The van der Waals surface area contributed by atoms with Crippen LogP contribution in [0.25, 0.3) is 0 Å². The fourth-order valence-corrected chi connectivity index (χ4v) is 2.78. The average Bonchev–Trinajstić information content (AvgIpc) is 2.78. The van der Waals surface area contributed by atoms with Crippen LogP contribution < -0.4 is 0 Å². The first kappa shape index (κ1) is 14.5. The first-order valence-corrected chi connectivity index (χ1v) is 6.83. The van der Waals surface area contributed by atoms with Crippen LogP contribution in [0.5, 0.6) is 0 Å². The van der Waals surface area contributed by atoms with Gasteiger partial charge < -0.3 is 9.64 Å². The minimum Gasteiger partial charge on any atom is -0.376 e. The molecular formula is C14H20N4O2. The Balaban J connectivity index is 2.06. The standard InChI is InChI=1S/C14H20N4O2/c1-9(14-10(2)16-17-11(14)3)6-13(19)18-4-5-20-8-12(18)7-15/h9,12H,4-6,8H2,1-3H3,(H,16,17)/t9-,12+/m0/s1. The molecule has 20 heavy (non-hydrogen) atoms. The third kappa shape index (κ3) is 2.83. The molecule has 0 unspecified atom stereocenters. The Bertz CT molecular complexity index is 512. The first-order valence-electron chi connectivity index (χ1n) is 6.83. The summed E-state index contributed by atoms with van der Waals surface area (Å²) in [5.41, 5.74) is 3.03. The van der Waals surface area contributed by atoms with Crippen molar-refractivity contribution in [3.63, 3.8) is 0 Å². The molecule has 1 amide bonds. The Morgan fingerprint density at radius 3 is 3.00 bits per heavy atom. The number of ether oxygens (including phenoxy) is 1. The van der Waals surface area contributed by atoms with Crippen LogP contribution in [0.1, 0.15) is 36.2 Å². The maximum Gasteiger partial charge on any atom is 0.224 e. The van der Waals surface area contributed by atoms with Crippen molar-refractivity contribution in [1.29, 1.82) is 5.26 Å². The van der Waals surface area contributed by atoms with E-state index in [1.165, 1.54) is 0 Å². The molecule has 2 heterocycles. The van der Waals surface area contributed by atoms with Crippen molar-refractivity contribution in [3.8, 4) is 6.07 Å². The second kappa shape index (κ2) is 6.06. The van der Waals surface area contributed by atoms with Gasteiger partial charge in [0.25, 0.3) is 0 Å². The molecule has 1 fully saturated rings. The lowest BCUT2D eigenvalue weighted by atomic mass is 9.95. The zero-order valence-corrected chi connectivity index (χ0v) is 12.1. The van der Waals surface area contributed by atoms with E-state index in [2.05, 4.69) is 16.3 Å². The summed E-state index contributed by atoms with van der Waals surface area (Å²) in [5.74, 6) is 0.0933. The molecule has 6 nitrogen and oxygen atoms in total. The average molecular weight is 276 g/mol. The number of aromatic nitrogens is 2. The summed E-state index contributed by atoms with van der Waals surface area (Å²) in [4.78, 5) is 14.0. The normalized spacial score (nSPS) is 20.5. The summed E-state index contributed by atoms with van der Waals surface area (Å²) in [7, 11) is 0. The van der Waals surface area contributed by atoms with Crippen molar-refractivity contribution in [1.82, 2.24) is 15.1 Å². The molecule has 1 saturated heterocycles. The monoisotopic (exact) mass is 276 g/mol. The lowest BCUT2D eigenvalue weighted by Gasteiger charge is -2.32. The predicted octanol–water partition coefficient (Wildman–Crippen LogP) is 1.27. The third-order valence-corrected chi connectivity index (χ3v) is 3.76. The van der Waals surface area contributed by atoms with Crippen molar-refractivity contribution >= 4 is 5.91 Å². The summed E-state index contributed by atoms with van der Waals surface area (Å²) in [6, 6.07) is 1.66. The van der Waals surface area contributed by atoms with Gasteiger partial charge in [-0.2, -0.15) is 10.4 Å². The molecular weight excluding hydrogens is 256 g/mol. The molecule has 0 aromatic carbocycles. The smallest absolute Gasteiger partial charge is 0.224 e. The van der Waals surface area contributed by atoms with E-state index in [1.807, 2.05) is 20.8 Å². The zero-order valence-electron chi connectivity index (χ0n) is 12.1. The number of aromatic amines is 1. The third-order valence-electron chi connectivity index (χ3n) is 3.76. The van der Waals surface area contributed by atoms with Crippen molar-refractivity contribution < 1.29 is 9.53 Å². The van der Waals surface area contributed by atoms with Gasteiger partial charge in [-0.1, -0.05) is 6.92 Å². The number of rotatable bonds is 3. The van der Waals surface area contributed by atoms with E-state index in [-0.39, 0.29) is 11.8 Å². The first-order chi connectivity index (χ1) is 9.54. The van der Waals surface area contributed by atoms with E-state index in [0.29, 0.717) is 26.2 Å². The number of aryl methyl sites for hydroxylation is 2. The minimum atomic E-state index is -0.463. The lowest BCUT2D eigenvalue weighted by molar-refractivity contribution is -0.138. The van der Waals surface area contributed by atoms with Crippen LogP contribution in [0, 0.1) is 25.2 Å². The van der Waals surface area contributed by atoms with Gasteiger partial charge in [0.1, 0.15) is 6.04 Å². The van der Waals surface area contributed by atoms with E-state index in [9.17, 15) is 4.79 Å². The van der Waals surface area contributed by atoms with Gasteiger partial charge in [-0.25, -0.2) is 0 Å². The molecule has 1 aliphatic heterocycles. The Morgan fingerprint density at radius 1 is 1.65 bits per heavy atom. The van der Waals surface area contributed by atoms with E-state index >= 15 is 0 Å². The second-order valence-corrected chi connectivity index (χ2v) is 5.26. The quantitative estimate of drug-likeness (QED) is 0.901. The molecule has 0 spiro atoms. The number of nitrogens with zero attached hydrogens (tertiary/aromatic N) is 3. The molecule has 1 aromatic rings. The van der Waals surface area contributed by atoms with Crippen LogP contribution >= 0.6 is 0 Å². The van der Waals surface area contributed by atoms with Crippen molar-refractivity contribution in [2.24, 2.45) is 0 Å². The maximum atomic E-state index is 12.4. The van der Waals surface area contributed by atoms with Crippen LogP contribution in [0.4, 0.5) is 0 Å². The van der Waals surface area contributed by atoms with Gasteiger partial charge in [0.15, 0.2) is 0 Å². The summed E-state index contributed by atoms with van der Waals surface area (Å²) in [5, 5.41) is 16.2. The minimum absolute atomic E-state index is 0.00681. The summed E-state index contributed by atoms with van der Waals surface area (Å²) in [6.45, 7) is 7.22. The fraction of sp³-hybridized carbons (Fsp3) is 0.643. The molecule has 1 aliphatic rings. The van der Waals surface area contributed by atoms with Gasteiger partial charge in [-0.05, 0) is 25.3 Å². The SMILES string of the molecule is Cc1n[nH]c(C)c1[C@@H](C)CC(=O)N1CCOC[C@H]1C#N. The Hall–Kier alpha value is -1.87. The number of hydrogen-bond donors (Lipinski definition) is 1. The van der Waals surface area contributed by atoms with E-state index in [4.69, 9.17) is 10.00 Å². The number of carbonyl (C=O) groups excluding carboxylic acids is 1. The number of carbonyl (C=O) groups is 1. The highest BCUT2D eigenvalue weighted by molar-refractivity contribution is 5.78. The van der Waals surface area contributed by atoms with Gasteiger partial charge in [0, 0.05) is 18.7 Å². The summed E-state index contributed by atoms with van der Waals surface area (Å²) >= 11 is 0. The van der Waals surface area contributed by atoms with Gasteiger partial charge in [0.05, 0.1) is 25.0 Å². The molecule has 1 aromatic heterocycles. The van der Waals surface area contributed by atoms with Crippen LogP contribution in [0.15, 0.2) is 0 Å². The number of H-pyrrole nitrogens is 1. The van der Waals surface area contributed by atoms with E-state index < -0.39 is 6.04 Å². The zero-order chi connectivity index (χ0) is 14.7. The van der Waals surface area contributed by atoms with Crippen LogP contribution in [-0.4, -0.2) is 46.8 Å². The Kier molecular flexibility index (Phi) is 4.40. The van der Waals surface area contributed by atoms with Crippen LogP contribution in [0.2, 0.25) is 0 Å². The van der Waals surface area contributed by atoms with Crippen molar-refractivity contribution in [2.45, 2.75) is 39.2 Å². The van der Waals surface area contributed by atoms with Gasteiger partial charge >= 0.3 is 0 Å². The highest BCUT2D eigenvalue weighted by atomic mass is 16.5. The summed E-state index contributed by atoms with van der Waals surface area (Å²) in [6.07, 6.45) is 0.388. The van der Waals surface area contributed by atoms with Crippen LogP contribution in [0.3, 0.4) is 0 Å². The molecule has 2 atom stereocenters. The highest BCUT2D eigenvalue weighted by Gasteiger charge is 2.29. The number of nitriles is 1. The van der Waals surface area contributed by atoms with Gasteiger partial charge in [-0.15, -0.1) is 0 Å². The van der Waals surface area contributed by atoms with Crippen molar-refractivity contribution in [3.05, 3.63) is 17.0 Å². The largest absolute Gasteiger partial charge is 0.376 e. The van der Waals surface area contributed by atoms with E-state index in [1.54, 1.807) is 4.90 Å². The number of hydrogen-bond acceptors (Lipinski definition) is 4. The van der Waals surface area contributed by atoms with Gasteiger partial charge in [-0.3, -0.25) is 9.89 Å². The molecule has 1 N–H and O–H groups in total. The van der Waals surface area contributed by atoms with Crippen molar-refractivity contribution in [2.75, 3.05) is 19.8 Å². The topological polar surface area (TPSA) is 82.0 Å². The van der Waals surface area contributed by atoms with Gasteiger partial charge in [0.2, 0.25) is 5.91 Å². The molecule has 108 valence electrons. The molecule has 6 heteroatoms. The molecule has 0 radical (unpaired) electrons. The second-order valence-electron chi connectivity index (χ2n) is 5.26. The molecule has 0 bridgehead atoms. The number of morpholine rings is 1. The number of amides is 1. The molecule has 2 rings (SSSR count). The highest BCUT2D eigenvalue weighted by Crippen LogP contribution is 2.25. The molecule has 0 aliphatic carbocycles. The number of nitrogens with one attached hydrogen (secondary N) is 1. The van der Waals surface area contributed by atoms with Crippen LogP contribution in [-0.2, 0) is 9.53 Å².